The molecule has 2 heterocycles. The Morgan fingerprint density at radius 1 is 1.37 bits per heavy atom. The second-order valence-corrected chi connectivity index (χ2v) is 5.30. The highest BCUT2D eigenvalue weighted by Crippen LogP contribution is 2.30. The molecule has 1 fully saturated rings. The fourth-order valence-corrected chi connectivity index (χ4v) is 2.81. The number of nitrogens with zero attached hydrogens (tertiary/aromatic N) is 4. The highest BCUT2D eigenvalue weighted by Gasteiger charge is 2.30. The van der Waals surface area contributed by atoms with Crippen LogP contribution in [0.15, 0.2) is 0 Å². The van der Waals surface area contributed by atoms with Crippen LogP contribution in [0, 0.1) is 25.2 Å². The molecule has 102 valence electrons. The number of hydrogen-bond donors (Lipinski definition) is 1. The molecule has 0 aromatic carbocycles. The van der Waals surface area contributed by atoms with Gasteiger partial charge in [0.1, 0.15) is 11.6 Å². The molecule has 2 unspecified atom stereocenters. The zero-order valence-corrected chi connectivity index (χ0v) is 11.8. The molecular formula is C14H21N5. The maximum absolute atomic E-state index is 9.42. The molecule has 5 nitrogen and oxygen atoms in total. The first-order valence-corrected chi connectivity index (χ1v) is 6.82. The van der Waals surface area contributed by atoms with Crippen LogP contribution in [0.4, 0.5) is 5.82 Å². The number of nitrogens with two attached hydrogens (primary N) is 1. The Kier molecular flexibility index (Phi) is 4.01. The molecule has 1 aromatic rings. The summed E-state index contributed by atoms with van der Waals surface area (Å²) < 4.78 is 0. The zero-order valence-electron chi connectivity index (χ0n) is 11.8. The summed E-state index contributed by atoms with van der Waals surface area (Å²) in [6, 6.07) is 2.89. The van der Waals surface area contributed by atoms with Crippen molar-refractivity contribution in [3.8, 4) is 6.07 Å². The smallest absolute Gasteiger partial charge is 0.170 e. The zero-order chi connectivity index (χ0) is 14.0. The van der Waals surface area contributed by atoms with Gasteiger partial charge in [0.05, 0.1) is 5.69 Å². The Labute approximate surface area is 114 Å². The average molecular weight is 259 g/mol. The van der Waals surface area contributed by atoms with E-state index in [1.165, 1.54) is 6.42 Å². The quantitative estimate of drug-likeness (QED) is 0.874. The molecule has 1 aliphatic rings. The van der Waals surface area contributed by atoms with Gasteiger partial charge in [0.25, 0.3) is 0 Å². The van der Waals surface area contributed by atoms with Crippen molar-refractivity contribution in [1.29, 1.82) is 5.26 Å². The van der Waals surface area contributed by atoms with Crippen molar-refractivity contribution in [2.45, 2.75) is 52.1 Å². The molecule has 2 atom stereocenters. The molecule has 5 heteroatoms. The van der Waals surface area contributed by atoms with Crippen LogP contribution in [-0.2, 0) is 0 Å². The van der Waals surface area contributed by atoms with Crippen LogP contribution in [-0.4, -0.2) is 28.8 Å². The maximum Gasteiger partial charge on any atom is 0.170 e. The fraction of sp³-hybridized carbons (Fsp3) is 0.643. The highest BCUT2D eigenvalue weighted by molar-refractivity contribution is 5.58. The van der Waals surface area contributed by atoms with Crippen LogP contribution in [0.5, 0.6) is 0 Å². The number of nitriles is 1. The molecule has 0 amide bonds. The van der Waals surface area contributed by atoms with E-state index in [1.807, 2.05) is 13.8 Å². The van der Waals surface area contributed by atoms with Crippen molar-refractivity contribution in [2.24, 2.45) is 5.73 Å². The summed E-state index contributed by atoms with van der Waals surface area (Å²) in [5, 5.41) is 17.9. The van der Waals surface area contributed by atoms with E-state index in [-0.39, 0.29) is 6.04 Å². The van der Waals surface area contributed by atoms with Crippen LogP contribution in [0.3, 0.4) is 0 Å². The molecule has 0 saturated carbocycles. The number of hydrogen-bond acceptors (Lipinski definition) is 5. The van der Waals surface area contributed by atoms with Crippen LogP contribution >= 0.6 is 0 Å². The molecule has 1 aromatic heterocycles. The lowest BCUT2D eigenvalue weighted by Crippen LogP contribution is -2.50. The van der Waals surface area contributed by atoms with E-state index in [1.54, 1.807) is 0 Å². The summed E-state index contributed by atoms with van der Waals surface area (Å²) in [6.45, 7) is 6.56. The number of piperidine rings is 1. The van der Waals surface area contributed by atoms with E-state index >= 15 is 0 Å². The summed E-state index contributed by atoms with van der Waals surface area (Å²) in [6.07, 6.45) is 3.34. The molecule has 0 bridgehead atoms. The van der Waals surface area contributed by atoms with Gasteiger partial charge in [-0.2, -0.15) is 10.4 Å². The summed E-state index contributed by atoms with van der Waals surface area (Å²) in [5.41, 5.74) is 8.25. The minimum absolute atomic E-state index is 0.257. The average Bonchev–Trinajstić information content (AvgIpc) is 2.41. The number of rotatable bonds is 2. The second-order valence-electron chi connectivity index (χ2n) is 5.30. The van der Waals surface area contributed by atoms with E-state index in [0.29, 0.717) is 24.0 Å². The fourth-order valence-electron chi connectivity index (χ4n) is 2.81. The Bertz CT molecular complexity index is 505. The molecule has 19 heavy (non-hydrogen) atoms. The summed E-state index contributed by atoms with van der Waals surface area (Å²) in [5.74, 6) is 0.702. The molecule has 0 radical (unpaired) electrons. The first-order chi connectivity index (χ1) is 9.10. The van der Waals surface area contributed by atoms with Gasteiger partial charge in [-0.25, -0.2) is 0 Å². The Morgan fingerprint density at radius 3 is 2.74 bits per heavy atom. The number of aromatic nitrogens is 2. The van der Waals surface area contributed by atoms with Crippen molar-refractivity contribution in [2.75, 3.05) is 11.4 Å². The lowest BCUT2D eigenvalue weighted by Gasteiger charge is -2.41. The predicted molar refractivity (Wildman–Crippen MR) is 74.9 cm³/mol. The normalized spacial score (nSPS) is 23.2. The van der Waals surface area contributed by atoms with Gasteiger partial charge in [-0.3, -0.25) is 0 Å². The maximum atomic E-state index is 9.42. The van der Waals surface area contributed by atoms with Crippen LogP contribution in [0.1, 0.15) is 43.0 Å². The van der Waals surface area contributed by atoms with Crippen LogP contribution < -0.4 is 10.6 Å². The highest BCUT2D eigenvalue weighted by atomic mass is 15.3. The van der Waals surface area contributed by atoms with Gasteiger partial charge in [0, 0.05) is 18.6 Å². The molecule has 2 rings (SSSR count). The summed E-state index contributed by atoms with van der Waals surface area (Å²) in [7, 11) is 0. The van der Waals surface area contributed by atoms with E-state index in [0.717, 1.165) is 24.1 Å². The molecule has 1 saturated heterocycles. The van der Waals surface area contributed by atoms with Crippen molar-refractivity contribution >= 4 is 5.82 Å². The summed E-state index contributed by atoms with van der Waals surface area (Å²) >= 11 is 0. The topological polar surface area (TPSA) is 78.8 Å². The molecule has 1 aliphatic heterocycles. The minimum atomic E-state index is 0.257. The number of aryl methyl sites for hydroxylation is 1. The van der Waals surface area contributed by atoms with Crippen molar-refractivity contribution in [3.05, 3.63) is 16.8 Å². The van der Waals surface area contributed by atoms with Gasteiger partial charge in [-0.05, 0) is 45.6 Å². The standard InChI is InChI=1S/C14H21N5/c1-9-5-4-6-12(7-15)19(9)14-13(8-16)10(2)11(3)17-18-14/h9,12H,4-7,15H2,1-3H3. The Morgan fingerprint density at radius 2 is 2.11 bits per heavy atom. The van der Waals surface area contributed by atoms with E-state index in [9.17, 15) is 5.26 Å². The van der Waals surface area contributed by atoms with Gasteiger partial charge in [-0.1, -0.05) is 0 Å². The molecule has 0 spiro atoms. The minimum Gasteiger partial charge on any atom is -0.347 e. The predicted octanol–water partition coefficient (Wildman–Crippen LogP) is 1.67. The van der Waals surface area contributed by atoms with Gasteiger partial charge in [0.2, 0.25) is 0 Å². The lowest BCUT2D eigenvalue weighted by atomic mass is 9.95. The van der Waals surface area contributed by atoms with E-state index in [2.05, 4.69) is 28.1 Å². The third kappa shape index (κ3) is 2.41. The van der Waals surface area contributed by atoms with Gasteiger partial charge in [0.15, 0.2) is 5.82 Å². The van der Waals surface area contributed by atoms with Gasteiger partial charge < -0.3 is 10.6 Å². The van der Waals surface area contributed by atoms with Gasteiger partial charge in [-0.15, -0.1) is 5.10 Å². The van der Waals surface area contributed by atoms with Crippen molar-refractivity contribution in [3.63, 3.8) is 0 Å². The lowest BCUT2D eigenvalue weighted by molar-refractivity contribution is 0.396. The van der Waals surface area contributed by atoms with Crippen molar-refractivity contribution < 1.29 is 0 Å². The monoisotopic (exact) mass is 259 g/mol. The van der Waals surface area contributed by atoms with Crippen LogP contribution in [0.2, 0.25) is 0 Å². The molecular weight excluding hydrogens is 238 g/mol. The first-order valence-electron chi connectivity index (χ1n) is 6.82. The Balaban J connectivity index is 2.50. The third-order valence-electron chi connectivity index (χ3n) is 4.09. The Hall–Kier alpha value is -1.67. The first kappa shape index (κ1) is 13.8. The molecule has 2 N–H and O–H groups in total. The van der Waals surface area contributed by atoms with E-state index in [4.69, 9.17) is 5.73 Å². The number of anilines is 1. The SMILES string of the molecule is Cc1nnc(N2C(C)CCCC2CN)c(C#N)c1C. The third-order valence-corrected chi connectivity index (χ3v) is 4.09. The van der Waals surface area contributed by atoms with Crippen LogP contribution in [0.25, 0.3) is 0 Å². The summed E-state index contributed by atoms with van der Waals surface area (Å²) in [4.78, 5) is 2.20. The van der Waals surface area contributed by atoms with Gasteiger partial charge >= 0.3 is 0 Å². The van der Waals surface area contributed by atoms with E-state index < -0.39 is 0 Å². The largest absolute Gasteiger partial charge is 0.347 e. The molecule has 0 aliphatic carbocycles. The second kappa shape index (κ2) is 5.54. The van der Waals surface area contributed by atoms with Crippen molar-refractivity contribution in [1.82, 2.24) is 10.2 Å².